The van der Waals surface area contributed by atoms with Gasteiger partial charge in [0, 0.05) is 11.6 Å². The van der Waals surface area contributed by atoms with E-state index in [4.69, 9.17) is 0 Å². The zero-order valence-electron chi connectivity index (χ0n) is 17.9. The van der Waals surface area contributed by atoms with Crippen LogP contribution in [-0.2, 0) is 6.18 Å². The molecule has 0 atom stereocenters. The van der Waals surface area contributed by atoms with E-state index in [1.165, 1.54) is 0 Å². The first-order valence-electron chi connectivity index (χ1n) is 10.7. The van der Waals surface area contributed by atoms with Gasteiger partial charge in [-0.2, -0.15) is 18.3 Å². The highest BCUT2D eigenvalue weighted by Crippen LogP contribution is 2.34. The fraction of sp³-hybridized carbons (Fsp3) is 0.292. The molecule has 2 aromatic carbocycles. The van der Waals surface area contributed by atoms with Gasteiger partial charge in [-0.05, 0) is 49.8 Å². The number of alkyl halides is 3. The number of amides is 1. The highest BCUT2D eigenvalue weighted by Gasteiger charge is 2.36. The molecule has 5 rings (SSSR count). The number of fused-ring (bicyclic) bond motifs is 2. The fourth-order valence-electron chi connectivity index (χ4n) is 4.33. The molecular weight excluding hydrogens is 431 g/mol. The molecule has 1 amide bonds. The van der Waals surface area contributed by atoms with E-state index in [0.717, 1.165) is 49.0 Å². The van der Waals surface area contributed by atoms with Gasteiger partial charge in [-0.15, -0.1) is 0 Å². The first kappa shape index (κ1) is 21.4. The van der Waals surface area contributed by atoms with Gasteiger partial charge in [-0.3, -0.25) is 4.79 Å². The van der Waals surface area contributed by atoms with Gasteiger partial charge in [-0.1, -0.05) is 42.5 Å². The van der Waals surface area contributed by atoms with E-state index in [0.29, 0.717) is 10.1 Å². The fourth-order valence-corrected chi connectivity index (χ4v) is 4.33. The number of nitrogens with one attached hydrogen (secondary N) is 1. The van der Waals surface area contributed by atoms with E-state index < -0.39 is 17.8 Å². The summed E-state index contributed by atoms with van der Waals surface area (Å²) in [7, 11) is 2.01. The average molecular weight is 453 g/mol. The van der Waals surface area contributed by atoms with E-state index in [1.807, 2.05) is 37.4 Å². The van der Waals surface area contributed by atoms with Crippen LogP contribution in [0.25, 0.3) is 27.7 Å². The lowest BCUT2D eigenvalue weighted by atomic mass is 10.0. The highest BCUT2D eigenvalue weighted by atomic mass is 19.4. The van der Waals surface area contributed by atoms with Crippen molar-refractivity contribution in [3.05, 3.63) is 66.0 Å². The largest absolute Gasteiger partial charge is 0.433 e. The number of halogens is 3. The van der Waals surface area contributed by atoms with Gasteiger partial charge < -0.3 is 10.2 Å². The Labute approximate surface area is 188 Å². The number of carbonyl (C=O) groups is 1. The van der Waals surface area contributed by atoms with Gasteiger partial charge >= 0.3 is 6.18 Å². The molecular formula is C24H22F3N5O. The van der Waals surface area contributed by atoms with Gasteiger partial charge in [0.05, 0.1) is 11.9 Å². The van der Waals surface area contributed by atoms with Gasteiger partial charge in [0.15, 0.2) is 11.3 Å². The highest BCUT2D eigenvalue weighted by molar-refractivity contribution is 6.01. The lowest BCUT2D eigenvalue weighted by molar-refractivity contribution is -0.142. The van der Waals surface area contributed by atoms with E-state index in [2.05, 4.69) is 20.3 Å². The summed E-state index contributed by atoms with van der Waals surface area (Å²) in [6, 6.07) is 13.8. The quantitative estimate of drug-likeness (QED) is 0.500. The van der Waals surface area contributed by atoms with Crippen molar-refractivity contribution in [3.63, 3.8) is 0 Å². The van der Waals surface area contributed by atoms with E-state index in [9.17, 15) is 18.0 Å². The molecule has 1 aliphatic rings. The molecule has 33 heavy (non-hydrogen) atoms. The number of nitrogens with zero attached hydrogens (tertiary/aromatic N) is 4. The Morgan fingerprint density at radius 2 is 1.82 bits per heavy atom. The maximum absolute atomic E-state index is 14.0. The maximum Gasteiger partial charge on any atom is 0.433 e. The predicted octanol–water partition coefficient (Wildman–Crippen LogP) is 4.39. The first-order valence-corrected chi connectivity index (χ1v) is 10.7. The third-order valence-electron chi connectivity index (χ3n) is 6.13. The van der Waals surface area contributed by atoms with Crippen molar-refractivity contribution in [1.82, 2.24) is 24.8 Å². The summed E-state index contributed by atoms with van der Waals surface area (Å²) in [6.45, 7) is 1.70. The molecule has 0 spiro atoms. The van der Waals surface area contributed by atoms with Crippen molar-refractivity contribution < 1.29 is 18.0 Å². The SMILES string of the molecule is CN1CCC(NC(=O)c2cnn3c(C(F)(F)F)cc(-c4cccc5ccccc45)nc23)CC1. The molecule has 1 aliphatic heterocycles. The average Bonchev–Trinajstić information content (AvgIpc) is 3.23. The molecule has 170 valence electrons. The third kappa shape index (κ3) is 4.04. The molecule has 9 heteroatoms. The molecule has 6 nitrogen and oxygen atoms in total. The molecule has 0 aliphatic carbocycles. The topological polar surface area (TPSA) is 62.5 Å². The van der Waals surface area contributed by atoms with Crippen LogP contribution >= 0.6 is 0 Å². The Bertz CT molecular complexity index is 1330. The van der Waals surface area contributed by atoms with Crippen molar-refractivity contribution in [2.75, 3.05) is 20.1 Å². The van der Waals surface area contributed by atoms with Crippen LogP contribution in [-0.4, -0.2) is 51.6 Å². The van der Waals surface area contributed by atoms with Crippen LogP contribution in [0.1, 0.15) is 28.9 Å². The second-order valence-electron chi connectivity index (χ2n) is 8.40. The zero-order valence-corrected chi connectivity index (χ0v) is 17.9. The van der Waals surface area contributed by atoms with Crippen LogP contribution < -0.4 is 5.32 Å². The number of aromatic nitrogens is 3. The Hall–Kier alpha value is -3.46. The predicted molar refractivity (Wildman–Crippen MR) is 119 cm³/mol. The van der Waals surface area contributed by atoms with Crippen LogP contribution in [0, 0.1) is 0 Å². The van der Waals surface area contributed by atoms with Crippen LogP contribution in [0.5, 0.6) is 0 Å². The summed E-state index contributed by atoms with van der Waals surface area (Å²) < 4.78 is 42.6. The van der Waals surface area contributed by atoms with Crippen molar-refractivity contribution >= 4 is 22.3 Å². The Balaban J connectivity index is 1.62. The first-order chi connectivity index (χ1) is 15.8. The number of piperidine rings is 1. The van der Waals surface area contributed by atoms with Gasteiger partial charge in [0.1, 0.15) is 5.56 Å². The lowest BCUT2D eigenvalue weighted by Crippen LogP contribution is -2.43. The number of rotatable bonds is 3. The van der Waals surface area contributed by atoms with Gasteiger partial charge in [-0.25, -0.2) is 9.50 Å². The summed E-state index contributed by atoms with van der Waals surface area (Å²) in [5, 5.41) is 8.48. The molecule has 1 saturated heterocycles. The van der Waals surface area contributed by atoms with Gasteiger partial charge in [0.25, 0.3) is 5.91 Å². The molecule has 1 fully saturated rings. The van der Waals surface area contributed by atoms with Crippen molar-refractivity contribution in [3.8, 4) is 11.3 Å². The van der Waals surface area contributed by atoms with E-state index in [1.54, 1.807) is 12.1 Å². The Morgan fingerprint density at radius 3 is 2.58 bits per heavy atom. The molecule has 0 saturated carbocycles. The number of likely N-dealkylation sites (tertiary alicyclic amines) is 1. The summed E-state index contributed by atoms with van der Waals surface area (Å²) in [4.78, 5) is 19.7. The van der Waals surface area contributed by atoms with Gasteiger partial charge in [0.2, 0.25) is 0 Å². The number of carbonyl (C=O) groups excluding carboxylic acids is 1. The minimum atomic E-state index is -4.67. The molecule has 0 unspecified atom stereocenters. The normalized spacial score (nSPS) is 15.9. The molecule has 3 heterocycles. The van der Waals surface area contributed by atoms with Crippen molar-refractivity contribution in [1.29, 1.82) is 0 Å². The second kappa shape index (κ2) is 8.15. The number of hydrogen-bond acceptors (Lipinski definition) is 4. The molecule has 0 radical (unpaired) electrons. The van der Waals surface area contributed by atoms with Crippen molar-refractivity contribution in [2.24, 2.45) is 0 Å². The minimum absolute atomic E-state index is 0.0292. The number of benzene rings is 2. The summed E-state index contributed by atoms with van der Waals surface area (Å²) in [6.07, 6.45) is -1.95. The maximum atomic E-state index is 14.0. The summed E-state index contributed by atoms with van der Waals surface area (Å²) >= 11 is 0. The number of hydrogen-bond donors (Lipinski definition) is 1. The van der Waals surface area contributed by atoms with Crippen LogP contribution in [0.2, 0.25) is 0 Å². The molecule has 2 aromatic heterocycles. The summed E-state index contributed by atoms with van der Waals surface area (Å²) in [5.74, 6) is -0.463. The zero-order chi connectivity index (χ0) is 23.2. The molecule has 4 aromatic rings. The smallest absolute Gasteiger partial charge is 0.349 e. The lowest BCUT2D eigenvalue weighted by Gasteiger charge is -2.29. The third-order valence-corrected chi connectivity index (χ3v) is 6.13. The van der Waals surface area contributed by atoms with E-state index in [-0.39, 0.29) is 22.9 Å². The second-order valence-corrected chi connectivity index (χ2v) is 8.40. The Morgan fingerprint density at radius 1 is 1.09 bits per heavy atom. The van der Waals surface area contributed by atoms with Crippen LogP contribution in [0.3, 0.4) is 0 Å². The van der Waals surface area contributed by atoms with E-state index >= 15 is 0 Å². The molecule has 1 N–H and O–H groups in total. The standard InChI is InChI=1S/C24H22F3N5O/c1-31-11-9-16(10-12-31)29-23(33)19-14-28-32-21(24(25,26)27)13-20(30-22(19)32)18-8-4-6-15-5-2-3-7-17(15)18/h2-8,13-14,16H,9-12H2,1H3,(H,29,33). The van der Waals surface area contributed by atoms with Crippen LogP contribution in [0.15, 0.2) is 54.7 Å². The Kier molecular flexibility index (Phi) is 5.28. The summed E-state index contributed by atoms with van der Waals surface area (Å²) in [5.41, 5.74) is -0.363. The minimum Gasteiger partial charge on any atom is -0.349 e. The van der Waals surface area contributed by atoms with Crippen molar-refractivity contribution in [2.45, 2.75) is 25.1 Å². The molecule has 0 bridgehead atoms. The van der Waals surface area contributed by atoms with Crippen LogP contribution in [0.4, 0.5) is 13.2 Å². The monoisotopic (exact) mass is 453 g/mol.